The van der Waals surface area contributed by atoms with Crippen LogP contribution in [0, 0.1) is 13.8 Å². The highest BCUT2D eigenvalue weighted by Gasteiger charge is 2.29. The van der Waals surface area contributed by atoms with Gasteiger partial charge < -0.3 is 25.0 Å². The molecule has 0 saturated carbocycles. The minimum absolute atomic E-state index is 0.199. The molecule has 1 aromatic carbocycles. The van der Waals surface area contributed by atoms with Gasteiger partial charge in [-0.15, -0.1) is 5.53 Å². The lowest BCUT2D eigenvalue weighted by atomic mass is 10.1. The van der Waals surface area contributed by atoms with Gasteiger partial charge in [0.15, 0.2) is 11.5 Å². The highest BCUT2D eigenvalue weighted by molar-refractivity contribution is 5.81. The predicted octanol–water partition coefficient (Wildman–Crippen LogP) is -1.18. The summed E-state index contributed by atoms with van der Waals surface area (Å²) >= 11 is 0. The lowest BCUT2D eigenvalue weighted by Crippen LogP contribution is -2.42. The van der Waals surface area contributed by atoms with Crippen LogP contribution in [0.25, 0.3) is 33.0 Å². The summed E-state index contributed by atoms with van der Waals surface area (Å²) in [6.07, 6.45) is -4.89. The van der Waals surface area contributed by atoms with Crippen molar-refractivity contribution in [3.63, 3.8) is 0 Å². The first kappa shape index (κ1) is 21.4. The lowest BCUT2D eigenvalue weighted by Gasteiger charge is -2.25. The van der Waals surface area contributed by atoms with Crippen LogP contribution in [-0.4, -0.2) is 64.6 Å². The summed E-state index contributed by atoms with van der Waals surface area (Å²) in [4.78, 5) is 35.3. The van der Waals surface area contributed by atoms with Gasteiger partial charge in [0.2, 0.25) is 0 Å². The molecule has 0 amide bonds. The number of benzene rings is 1. The van der Waals surface area contributed by atoms with Gasteiger partial charge in [-0.1, -0.05) is 4.68 Å². The molecule has 3 atom stereocenters. The van der Waals surface area contributed by atoms with E-state index in [0.717, 1.165) is 11.1 Å². The fourth-order valence-electron chi connectivity index (χ4n) is 3.05. The third-order valence-electron chi connectivity index (χ3n) is 4.83. The number of fused-ring (bicyclic) bond motifs is 2. The fraction of sp³-hybridized carbons (Fsp3) is 0.412. The zero-order valence-electron chi connectivity index (χ0n) is 16.0. The Bertz CT molecular complexity index is 1250. The van der Waals surface area contributed by atoms with Crippen LogP contribution in [0.5, 0.6) is 0 Å². The Labute approximate surface area is 168 Å². The molecule has 158 valence electrons. The number of aliphatic hydroxyl groups is 4. The molecule has 0 fully saturated rings. The Kier molecular flexibility index (Phi) is 5.82. The Morgan fingerprint density at radius 2 is 1.80 bits per heavy atom. The molecular formula is C17H19N7O6. The zero-order chi connectivity index (χ0) is 22.2. The normalized spacial score (nSPS) is 14.5. The third-order valence-corrected chi connectivity index (χ3v) is 4.83. The minimum Gasteiger partial charge on any atom is -0.394 e. The van der Waals surface area contributed by atoms with Gasteiger partial charge in [0.25, 0.3) is 0 Å². The molecule has 2 aliphatic rings. The highest BCUT2D eigenvalue weighted by Crippen LogP contribution is 2.24. The van der Waals surface area contributed by atoms with Gasteiger partial charge in [0, 0.05) is 0 Å². The number of hydrogen-bond donors (Lipinski definition) is 4. The van der Waals surface area contributed by atoms with E-state index in [1.165, 1.54) is 4.57 Å². The summed E-state index contributed by atoms with van der Waals surface area (Å²) in [5.41, 5.74) is 8.61. The first-order chi connectivity index (χ1) is 14.2. The summed E-state index contributed by atoms with van der Waals surface area (Å²) in [6.45, 7) is 2.50. The number of rotatable bonds is 6. The molecule has 1 aromatic rings. The lowest BCUT2D eigenvalue weighted by molar-refractivity contribution is -0.0802. The SMILES string of the molecule is Cc1cc2nc3c(=O)n(N=[N+]=[N-])c(=O)nc-3n(CC(O)C(O)C(O)CO)c2cc1C. The molecule has 4 N–H and O–H groups in total. The summed E-state index contributed by atoms with van der Waals surface area (Å²) in [5.74, 6) is -0.199. The third kappa shape index (κ3) is 3.63. The second kappa shape index (κ2) is 8.18. The number of aliphatic hydroxyl groups excluding tert-OH is 4. The maximum Gasteiger partial charge on any atom is 0.448 e. The van der Waals surface area contributed by atoms with Gasteiger partial charge in [0.05, 0.1) is 24.2 Å². The average Bonchev–Trinajstić information content (AvgIpc) is 2.71. The first-order valence-corrected chi connectivity index (χ1v) is 8.84. The van der Waals surface area contributed by atoms with Crippen LogP contribution in [0.15, 0.2) is 26.9 Å². The van der Waals surface area contributed by atoms with Crippen molar-refractivity contribution in [2.75, 3.05) is 6.61 Å². The van der Waals surface area contributed by atoms with Crippen molar-refractivity contribution in [2.24, 2.45) is 5.22 Å². The first-order valence-electron chi connectivity index (χ1n) is 8.84. The van der Waals surface area contributed by atoms with Crippen LogP contribution in [-0.2, 0) is 6.54 Å². The fourth-order valence-corrected chi connectivity index (χ4v) is 3.05. The standard InChI is InChI=1S/C17H19N7O6/c1-7-3-9-10(4-8(7)2)23(5-11(26)14(28)12(27)6-25)15-13(19-9)16(29)24(22-21-18)17(30)20-15/h3-4,11-12,14,25-28H,5-6H2,1-2H3. The van der Waals surface area contributed by atoms with E-state index in [9.17, 15) is 24.9 Å². The molecule has 3 rings (SSSR count). The molecular weight excluding hydrogens is 398 g/mol. The van der Waals surface area contributed by atoms with Crippen molar-refractivity contribution >= 4 is 11.0 Å². The van der Waals surface area contributed by atoms with Gasteiger partial charge in [-0.2, -0.15) is 9.90 Å². The number of nitrogens with zero attached hydrogens (tertiary/aromatic N) is 7. The topological polar surface area (TPSA) is 199 Å². The summed E-state index contributed by atoms with van der Waals surface area (Å²) in [5, 5.41) is 42.1. The maximum atomic E-state index is 12.7. The van der Waals surface area contributed by atoms with Crippen molar-refractivity contribution in [1.29, 1.82) is 0 Å². The van der Waals surface area contributed by atoms with Gasteiger partial charge >= 0.3 is 11.2 Å². The molecule has 0 aliphatic carbocycles. The molecule has 0 bridgehead atoms. The van der Waals surface area contributed by atoms with Crippen molar-refractivity contribution in [2.45, 2.75) is 38.7 Å². The molecule has 2 heterocycles. The van der Waals surface area contributed by atoms with Crippen LogP contribution in [0.1, 0.15) is 11.1 Å². The van der Waals surface area contributed by atoms with E-state index in [4.69, 9.17) is 10.6 Å². The van der Waals surface area contributed by atoms with Crippen LogP contribution in [0.2, 0.25) is 0 Å². The van der Waals surface area contributed by atoms with Crippen LogP contribution >= 0.6 is 0 Å². The quantitative estimate of drug-likeness (QED) is 0.166. The molecule has 0 radical (unpaired) electrons. The van der Waals surface area contributed by atoms with E-state index in [1.54, 1.807) is 12.1 Å². The maximum absolute atomic E-state index is 12.7. The van der Waals surface area contributed by atoms with Gasteiger partial charge in [-0.25, -0.2) is 14.6 Å². The highest BCUT2D eigenvalue weighted by atomic mass is 16.4. The summed E-state index contributed by atoms with van der Waals surface area (Å²) in [6, 6.07) is 3.40. The van der Waals surface area contributed by atoms with Gasteiger partial charge in [0.1, 0.15) is 18.3 Å². The Hall–Kier alpha value is -3.35. The summed E-state index contributed by atoms with van der Waals surface area (Å²) in [7, 11) is 0. The Morgan fingerprint density at radius 3 is 2.43 bits per heavy atom. The van der Waals surface area contributed by atoms with E-state index >= 15 is 0 Å². The van der Waals surface area contributed by atoms with Gasteiger partial charge in [-0.3, -0.25) is 0 Å². The van der Waals surface area contributed by atoms with E-state index in [-0.39, 0.29) is 22.7 Å². The minimum atomic E-state index is -1.71. The zero-order valence-corrected chi connectivity index (χ0v) is 16.0. The average molecular weight is 417 g/mol. The second-order valence-electron chi connectivity index (χ2n) is 6.82. The molecule has 30 heavy (non-hydrogen) atoms. The van der Waals surface area contributed by atoms with Crippen molar-refractivity contribution in [3.05, 3.63) is 54.5 Å². The Morgan fingerprint density at radius 1 is 1.13 bits per heavy atom. The van der Waals surface area contributed by atoms with Crippen molar-refractivity contribution in [1.82, 2.24) is 19.2 Å². The van der Waals surface area contributed by atoms with Crippen LogP contribution < -0.4 is 11.2 Å². The molecule has 3 unspecified atom stereocenters. The molecule has 13 heteroatoms. The van der Waals surface area contributed by atoms with Crippen LogP contribution in [0.3, 0.4) is 0 Å². The van der Waals surface area contributed by atoms with Gasteiger partial charge in [-0.05, 0) is 42.3 Å². The smallest absolute Gasteiger partial charge is 0.394 e. The van der Waals surface area contributed by atoms with E-state index in [2.05, 4.69) is 20.1 Å². The number of hydrogen-bond acceptors (Lipinski definition) is 9. The number of azide groups is 1. The van der Waals surface area contributed by atoms with Crippen molar-refractivity contribution in [3.8, 4) is 11.5 Å². The van der Waals surface area contributed by atoms with Crippen molar-refractivity contribution < 1.29 is 20.4 Å². The molecule has 13 nitrogen and oxygen atoms in total. The molecule has 0 spiro atoms. The molecule has 2 aliphatic heterocycles. The summed E-state index contributed by atoms with van der Waals surface area (Å²) < 4.78 is 1.54. The number of aryl methyl sites for hydroxylation is 2. The van der Waals surface area contributed by atoms with E-state index < -0.39 is 36.2 Å². The molecule has 0 aromatic heterocycles. The van der Waals surface area contributed by atoms with Crippen LogP contribution in [0.4, 0.5) is 0 Å². The Balaban J connectivity index is 2.36. The monoisotopic (exact) mass is 417 g/mol. The predicted molar refractivity (Wildman–Crippen MR) is 104 cm³/mol. The molecule has 0 saturated heterocycles. The number of aromatic nitrogens is 4. The largest absolute Gasteiger partial charge is 0.448 e. The second-order valence-corrected chi connectivity index (χ2v) is 6.82. The van der Waals surface area contributed by atoms with E-state index in [1.807, 2.05) is 13.8 Å². The van der Waals surface area contributed by atoms with E-state index in [0.29, 0.717) is 11.0 Å².